The maximum absolute atomic E-state index is 6.23. The minimum Gasteiger partial charge on any atom is -0.464 e. The monoisotopic (exact) mass is 249 g/mol. The van der Waals surface area contributed by atoms with Crippen LogP contribution in [0.4, 0.5) is 0 Å². The summed E-state index contributed by atoms with van der Waals surface area (Å²) in [4.78, 5) is 0. The zero-order chi connectivity index (χ0) is 12.6. The quantitative estimate of drug-likeness (QED) is 0.877. The highest BCUT2D eigenvalue weighted by atomic mass is 35.5. The molecule has 0 bridgehead atoms. The van der Waals surface area contributed by atoms with Crippen LogP contribution in [0.25, 0.3) is 0 Å². The van der Waals surface area contributed by atoms with Crippen LogP contribution in [-0.4, -0.2) is 0 Å². The summed E-state index contributed by atoms with van der Waals surface area (Å²) < 4.78 is 5.54. The topological polar surface area (TPSA) is 39.2 Å². The molecule has 1 atom stereocenters. The van der Waals surface area contributed by atoms with Crippen LogP contribution in [0.15, 0.2) is 28.7 Å². The Bertz CT molecular complexity index is 545. The number of rotatable bonds is 2. The van der Waals surface area contributed by atoms with Crippen LogP contribution in [0.1, 0.15) is 34.3 Å². The Morgan fingerprint density at radius 2 is 1.76 bits per heavy atom. The van der Waals surface area contributed by atoms with Gasteiger partial charge in [0.15, 0.2) is 0 Å². The van der Waals surface area contributed by atoms with Crippen molar-refractivity contribution in [2.75, 3.05) is 0 Å². The summed E-state index contributed by atoms with van der Waals surface area (Å²) in [6.07, 6.45) is 0. The Labute approximate surface area is 106 Å². The Balaban J connectivity index is 2.43. The summed E-state index contributed by atoms with van der Waals surface area (Å²) in [5.74, 6) is 1.60. The van der Waals surface area contributed by atoms with Crippen LogP contribution >= 0.6 is 11.6 Å². The first kappa shape index (κ1) is 12.2. The van der Waals surface area contributed by atoms with Gasteiger partial charge in [-0.2, -0.15) is 0 Å². The van der Waals surface area contributed by atoms with Gasteiger partial charge in [0.1, 0.15) is 11.5 Å². The third kappa shape index (κ3) is 2.38. The van der Waals surface area contributed by atoms with Crippen LogP contribution in [0.3, 0.4) is 0 Å². The molecule has 0 saturated heterocycles. The molecule has 0 saturated carbocycles. The van der Waals surface area contributed by atoms with Crippen LogP contribution in [-0.2, 0) is 0 Å². The van der Waals surface area contributed by atoms with Crippen molar-refractivity contribution in [3.63, 3.8) is 0 Å². The minimum absolute atomic E-state index is 0.310. The molecule has 2 N–H and O–H groups in total. The molecule has 3 heteroatoms. The molecule has 0 spiro atoms. The number of nitrogens with two attached hydrogens (primary N) is 1. The lowest BCUT2D eigenvalue weighted by Gasteiger charge is -2.13. The van der Waals surface area contributed by atoms with E-state index in [1.807, 2.05) is 38.1 Å². The molecule has 90 valence electrons. The van der Waals surface area contributed by atoms with E-state index in [1.54, 1.807) is 0 Å². The summed E-state index contributed by atoms with van der Waals surface area (Å²) in [5.41, 5.74) is 9.43. The average Bonchev–Trinajstić information content (AvgIpc) is 2.69. The van der Waals surface area contributed by atoms with Crippen molar-refractivity contribution in [1.82, 2.24) is 0 Å². The molecule has 2 nitrogen and oxygen atoms in total. The van der Waals surface area contributed by atoms with Gasteiger partial charge in [0.05, 0.1) is 6.04 Å². The molecule has 2 rings (SSSR count). The standard InChI is InChI=1S/C14H16ClNO/c1-8-6-11(12(15)7-9(8)2)14(16)13-5-4-10(3)17-13/h4-7,14H,16H2,1-3H3. The molecule has 0 aliphatic heterocycles. The second-order valence-corrected chi connectivity index (χ2v) is 4.79. The van der Waals surface area contributed by atoms with E-state index in [-0.39, 0.29) is 6.04 Å². The van der Waals surface area contributed by atoms with E-state index < -0.39 is 0 Å². The lowest BCUT2D eigenvalue weighted by atomic mass is 10.00. The van der Waals surface area contributed by atoms with Gasteiger partial charge in [0, 0.05) is 5.02 Å². The van der Waals surface area contributed by atoms with Gasteiger partial charge in [0.25, 0.3) is 0 Å². The predicted molar refractivity (Wildman–Crippen MR) is 70.4 cm³/mol. The molecule has 2 aromatic rings. The molecule has 0 amide bonds. The highest BCUT2D eigenvalue weighted by Gasteiger charge is 2.16. The molecule has 1 heterocycles. The Hall–Kier alpha value is -1.25. The third-order valence-electron chi connectivity index (χ3n) is 3.02. The van der Waals surface area contributed by atoms with Crippen LogP contribution < -0.4 is 5.73 Å². The van der Waals surface area contributed by atoms with Crippen LogP contribution in [0, 0.1) is 20.8 Å². The van der Waals surface area contributed by atoms with Crippen molar-refractivity contribution in [1.29, 1.82) is 0 Å². The number of benzene rings is 1. The van der Waals surface area contributed by atoms with E-state index in [0.29, 0.717) is 5.02 Å². The van der Waals surface area contributed by atoms with Crippen molar-refractivity contribution in [2.45, 2.75) is 26.8 Å². The third-order valence-corrected chi connectivity index (χ3v) is 3.34. The van der Waals surface area contributed by atoms with E-state index in [9.17, 15) is 0 Å². The number of aryl methyl sites for hydroxylation is 3. The Kier molecular flexibility index (Phi) is 3.27. The van der Waals surface area contributed by atoms with Gasteiger partial charge >= 0.3 is 0 Å². The molecular formula is C14H16ClNO. The number of furan rings is 1. The molecule has 0 radical (unpaired) electrons. The predicted octanol–water partition coefficient (Wildman–Crippen LogP) is 3.91. The van der Waals surface area contributed by atoms with Gasteiger partial charge in [-0.15, -0.1) is 0 Å². The first-order valence-electron chi connectivity index (χ1n) is 5.57. The van der Waals surface area contributed by atoms with Gasteiger partial charge in [0.2, 0.25) is 0 Å². The highest BCUT2D eigenvalue weighted by Crippen LogP contribution is 2.29. The molecule has 17 heavy (non-hydrogen) atoms. The summed E-state index contributed by atoms with van der Waals surface area (Å²) in [6.45, 7) is 5.99. The minimum atomic E-state index is -0.310. The Morgan fingerprint density at radius 1 is 1.12 bits per heavy atom. The van der Waals surface area contributed by atoms with Crippen molar-refractivity contribution >= 4 is 11.6 Å². The van der Waals surface area contributed by atoms with Gasteiger partial charge < -0.3 is 10.2 Å². The van der Waals surface area contributed by atoms with E-state index >= 15 is 0 Å². The second kappa shape index (κ2) is 4.55. The fourth-order valence-electron chi connectivity index (χ4n) is 1.82. The Morgan fingerprint density at radius 3 is 2.35 bits per heavy atom. The maximum Gasteiger partial charge on any atom is 0.125 e. The summed E-state index contributed by atoms with van der Waals surface area (Å²) in [6, 6.07) is 7.47. The zero-order valence-corrected chi connectivity index (χ0v) is 11.0. The number of halogens is 1. The van der Waals surface area contributed by atoms with E-state index in [1.165, 1.54) is 11.1 Å². The summed E-state index contributed by atoms with van der Waals surface area (Å²) in [5, 5.41) is 0.689. The maximum atomic E-state index is 6.23. The largest absolute Gasteiger partial charge is 0.464 e. The van der Waals surface area contributed by atoms with Crippen LogP contribution in [0.5, 0.6) is 0 Å². The average molecular weight is 250 g/mol. The fraction of sp³-hybridized carbons (Fsp3) is 0.286. The molecular weight excluding hydrogens is 234 g/mol. The van der Waals surface area contributed by atoms with Gasteiger partial charge in [-0.05, 0) is 55.7 Å². The lowest BCUT2D eigenvalue weighted by molar-refractivity contribution is 0.466. The van der Waals surface area contributed by atoms with Crippen molar-refractivity contribution in [3.8, 4) is 0 Å². The van der Waals surface area contributed by atoms with Gasteiger partial charge in [-0.3, -0.25) is 0 Å². The van der Waals surface area contributed by atoms with Crippen molar-refractivity contribution < 1.29 is 4.42 Å². The zero-order valence-electron chi connectivity index (χ0n) is 10.3. The van der Waals surface area contributed by atoms with Crippen molar-refractivity contribution in [3.05, 3.63) is 57.5 Å². The van der Waals surface area contributed by atoms with Crippen molar-refractivity contribution in [2.24, 2.45) is 5.73 Å². The molecule has 0 fully saturated rings. The second-order valence-electron chi connectivity index (χ2n) is 4.38. The summed E-state index contributed by atoms with van der Waals surface area (Å²) in [7, 11) is 0. The lowest BCUT2D eigenvalue weighted by Crippen LogP contribution is -2.12. The highest BCUT2D eigenvalue weighted by molar-refractivity contribution is 6.31. The van der Waals surface area contributed by atoms with E-state index in [0.717, 1.165) is 17.1 Å². The number of hydrogen-bond donors (Lipinski definition) is 1. The molecule has 1 unspecified atom stereocenters. The van der Waals surface area contributed by atoms with E-state index in [4.69, 9.17) is 21.8 Å². The first-order valence-corrected chi connectivity index (χ1v) is 5.95. The smallest absolute Gasteiger partial charge is 0.125 e. The first-order chi connectivity index (χ1) is 7.99. The summed E-state index contributed by atoms with van der Waals surface area (Å²) >= 11 is 6.23. The molecule has 0 aliphatic carbocycles. The van der Waals surface area contributed by atoms with Gasteiger partial charge in [-0.1, -0.05) is 17.7 Å². The van der Waals surface area contributed by atoms with E-state index in [2.05, 4.69) is 6.92 Å². The van der Waals surface area contributed by atoms with Crippen LogP contribution in [0.2, 0.25) is 5.02 Å². The molecule has 1 aromatic heterocycles. The fourth-order valence-corrected chi connectivity index (χ4v) is 2.15. The van der Waals surface area contributed by atoms with Gasteiger partial charge in [-0.25, -0.2) is 0 Å². The normalized spacial score (nSPS) is 12.8. The molecule has 0 aliphatic rings. The molecule has 1 aromatic carbocycles. The number of hydrogen-bond acceptors (Lipinski definition) is 2. The SMILES string of the molecule is Cc1ccc(C(N)c2cc(C)c(C)cc2Cl)o1.